The summed E-state index contributed by atoms with van der Waals surface area (Å²) in [5.41, 5.74) is 0.160. The Bertz CT molecular complexity index is 1120. The average molecular weight is 439 g/mol. The van der Waals surface area contributed by atoms with Crippen LogP contribution in [0.2, 0.25) is 0 Å². The Kier molecular flexibility index (Phi) is 5.00. The molecule has 1 saturated heterocycles. The summed E-state index contributed by atoms with van der Waals surface area (Å²) in [6.07, 6.45) is 5.18. The molecule has 0 amide bonds. The molecule has 166 valence electrons. The lowest BCUT2D eigenvalue weighted by Crippen LogP contribution is -2.65. The molecule has 5 rings (SSSR count). The van der Waals surface area contributed by atoms with E-state index >= 15 is 8.78 Å². The molecular formula is C23H23F2N5O2. The molecule has 0 bridgehead atoms. The maximum atomic E-state index is 15.7. The minimum absolute atomic E-state index is 0.129. The van der Waals surface area contributed by atoms with Crippen molar-refractivity contribution in [1.82, 2.24) is 4.98 Å². The first-order valence-corrected chi connectivity index (χ1v) is 10.5. The van der Waals surface area contributed by atoms with Crippen molar-refractivity contribution in [1.29, 1.82) is 0 Å². The summed E-state index contributed by atoms with van der Waals surface area (Å²) in [7, 11) is 0. The summed E-state index contributed by atoms with van der Waals surface area (Å²) in [6, 6.07) is 6.23. The van der Waals surface area contributed by atoms with Crippen molar-refractivity contribution in [2.75, 3.05) is 18.1 Å². The second-order valence-electron chi connectivity index (χ2n) is 8.53. The highest BCUT2D eigenvalue weighted by Crippen LogP contribution is 2.46. The zero-order chi connectivity index (χ0) is 22.5. The SMILES string of the molecule is C[C@@H]1CN2c3c(cc(/C(=N/O)c4ccccn4)c(F)c3F)CC3(C=NCN=C3)[C@H]2[C@H](C)O1. The number of hydrogen-bond donors (Lipinski definition) is 1. The van der Waals surface area contributed by atoms with Crippen LogP contribution in [0.3, 0.4) is 0 Å². The molecule has 9 heteroatoms. The Hall–Kier alpha value is -3.20. The Labute approximate surface area is 184 Å². The van der Waals surface area contributed by atoms with Gasteiger partial charge >= 0.3 is 0 Å². The summed E-state index contributed by atoms with van der Waals surface area (Å²) < 4.78 is 37.1. The predicted octanol–water partition coefficient (Wildman–Crippen LogP) is 3.22. The lowest BCUT2D eigenvalue weighted by Gasteiger charge is -2.54. The van der Waals surface area contributed by atoms with Gasteiger partial charge in [-0.05, 0) is 44.0 Å². The van der Waals surface area contributed by atoms with Crippen LogP contribution in [0.5, 0.6) is 0 Å². The number of benzene rings is 1. The Balaban J connectivity index is 1.71. The van der Waals surface area contributed by atoms with Crippen LogP contribution >= 0.6 is 0 Å². The lowest BCUT2D eigenvalue weighted by atomic mass is 9.69. The molecule has 1 aromatic heterocycles. The van der Waals surface area contributed by atoms with E-state index in [1.54, 1.807) is 24.3 Å². The van der Waals surface area contributed by atoms with Gasteiger partial charge in [-0.2, -0.15) is 0 Å². The molecule has 3 atom stereocenters. The normalized spacial score (nSPS) is 26.2. The zero-order valence-electron chi connectivity index (χ0n) is 17.7. The third-order valence-electron chi connectivity index (χ3n) is 6.36. The van der Waals surface area contributed by atoms with E-state index in [0.717, 1.165) is 0 Å². The van der Waals surface area contributed by atoms with Gasteiger partial charge in [0.1, 0.15) is 12.4 Å². The van der Waals surface area contributed by atoms with E-state index in [-0.39, 0.29) is 40.9 Å². The number of halogens is 2. The van der Waals surface area contributed by atoms with Gasteiger partial charge in [-0.1, -0.05) is 11.2 Å². The number of oxime groups is 1. The summed E-state index contributed by atoms with van der Waals surface area (Å²) in [5, 5.41) is 12.9. The monoisotopic (exact) mass is 439 g/mol. The number of ether oxygens (including phenoxy) is 1. The van der Waals surface area contributed by atoms with E-state index in [0.29, 0.717) is 25.2 Å². The predicted molar refractivity (Wildman–Crippen MR) is 117 cm³/mol. The van der Waals surface area contributed by atoms with Gasteiger partial charge in [0, 0.05) is 30.7 Å². The van der Waals surface area contributed by atoms with Crippen molar-refractivity contribution in [2.45, 2.75) is 38.5 Å². The van der Waals surface area contributed by atoms with Crippen molar-refractivity contribution in [3.8, 4) is 0 Å². The molecule has 32 heavy (non-hydrogen) atoms. The fraction of sp³-hybridized carbons (Fsp3) is 0.391. The molecule has 7 nitrogen and oxygen atoms in total. The molecule has 2 aromatic rings. The van der Waals surface area contributed by atoms with E-state index in [4.69, 9.17) is 4.74 Å². The van der Waals surface area contributed by atoms with Gasteiger partial charge in [0.05, 0.1) is 35.0 Å². The van der Waals surface area contributed by atoms with Crippen LogP contribution in [0.1, 0.15) is 30.7 Å². The van der Waals surface area contributed by atoms with Gasteiger partial charge < -0.3 is 14.8 Å². The lowest BCUT2D eigenvalue weighted by molar-refractivity contribution is -0.0433. The molecular weight excluding hydrogens is 416 g/mol. The molecule has 3 aliphatic rings. The molecule has 1 fully saturated rings. The number of anilines is 1. The number of rotatable bonds is 2. The summed E-state index contributed by atoms with van der Waals surface area (Å²) >= 11 is 0. The van der Waals surface area contributed by atoms with Crippen LogP contribution in [0, 0.1) is 17.0 Å². The van der Waals surface area contributed by atoms with E-state index in [2.05, 4.69) is 20.1 Å². The average Bonchev–Trinajstić information content (AvgIpc) is 2.78. The number of morpholine rings is 1. The van der Waals surface area contributed by atoms with Gasteiger partial charge in [0.15, 0.2) is 11.6 Å². The van der Waals surface area contributed by atoms with Gasteiger partial charge in [-0.15, -0.1) is 0 Å². The van der Waals surface area contributed by atoms with Crippen LogP contribution in [-0.2, 0) is 11.2 Å². The summed E-state index contributed by atoms with van der Waals surface area (Å²) in [6.45, 7) is 4.60. The fourth-order valence-corrected chi connectivity index (χ4v) is 5.30. The standard InChI is InChI=1S/C23H23F2N5O2/c1-13-9-30-21-15(8-23(10-26-12-27-11-23)22(30)14(2)32-13)7-16(18(24)19(21)25)20(29-31)17-5-3-4-6-28-17/h3-7,10-11,13-14,22,31H,8-9,12H2,1-2H3/b29-20-/t13-,14+,22-/m1/s1. The van der Waals surface area contributed by atoms with E-state index in [1.807, 2.05) is 31.2 Å². The highest BCUT2D eigenvalue weighted by atomic mass is 19.2. The Morgan fingerprint density at radius 2 is 2.00 bits per heavy atom. The minimum Gasteiger partial charge on any atom is -0.410 e. The molecule has 0 saturated carbocycles. The Morgan fingerprint density at radius 1 is 1.22 bits per heavy atom. The van der Waals surface area contributed by atoms with Crippen LogP contribution in [-0.4, -0.2) is 59.8 Å². The number of hydrogen-bond acceptors (Lipinski definition) is 7. The van der Waals surface area contributed by atoms with Crippen LogP contribution < -0.4 is 4.90 Å². The molecule has 0 radical (unpaired) electrons. The smallest absolute Gasteiger partial charge is 0.183 e. The fourth-order valence-electron chi connectivity index (χ4n) is 5.30. The van der Waals surface area contributed by atoms with Gasteiger partial charge in [0.2, 0.25) is 0 Å². The quantitative estimate of drug-likeness (QED) is 0.443. The number of aliphatic imine (C=N–C) groups is 2. The molecule has 0 unspecified atom stereocenters. The highest BCUT2D eigenvalue weighted by molar-refractivity contribution is 6.12. The number of pyridine rings is 1. The van der Waals surface area contributed by atoms with Gasteiger partial charge in [-0.25, -0.2) is 8.78 Å². The highest BCUT2D eigenvalue weighted by Gasteiger charge is 2.52. The molecule has 1 N–H and O–H groups in total. The van der Waals surface area contributed by atoms with Crippen molar-refractivity contribution < 1.29 is 18.7 Å². The van der Waals surface area contributed by atoms with Crippen LogP contribution in [0.15, 0.2) is 45.6 Å². The first-order valence-electron chi connectivity index (χ1n) is 10.5. The minimum atomic E-state index is -1.07. The van der Waals surface area contributed by atoms with Crippen LogP contribution in [0.25, 0.3) is 0 Å². The Morgan fingerprint density at radius 3 is 2.69 bits per heavy atom. The van der Waals surface area contributed by atoms with Gasteiger partial charge in [-0.3, -0.25) is 15.0 Å². The molecule has 3 aliphatic heterocycles. The van der Waals surface area contributed by atoms with E-state index in [9.17, 15) is 5.21 Å². The van der Waals surface area contributed by atoms with Crippen molar-refractivity contribution >= 4 is 23.8 Å². The molecule has 1 aromatic carbocycles. The summed E-state index contributed by atoms with van der Waals surface area (Å²) in [5.74, 6) is -2.05. The van der Waals surface area contributed by atoms with Crippen molar-refractivity contribution in [2.24, 2.45) is 20.6 Å². The third-order valence-corrected chi connectivity index (χ3v) is 6.36. The maximum Gasteiger partial charge on any atom is 0.183 e. The largest absolute Gasteiger partial charge is 0.410 e. The zero-order valence-corrected chi connectivity index (χ0v) is 17.7. The third kappa shape index (κ3) is 3.10. The second kappa shape index (κ2) is 7.74. The molecule has 0 aliphatic carbocycles. The van der Waals surface area contributed by atoms with Gasteiger partial charge in [0.25, 0.3) is 0 Å². The molecule has 1 spiro atoms. The van der Waals surface area contributed by atoms with Crippen molar-refractivity contribution in [3.05, 3.63) is 58.9 Å². The molecule has 4 heterocycles. The second-order valence-corrected chi connectivity index (χ2v) is 8.53. The number of nitrogens with zero attached hydrogens (tertiary/aromatic N) is 5. The van der Waals surface area contributed by atoms with Crippen molar-refractivity contribution in [3.63, 3.8) is 0 Å². The van der Waals surface area contributed by atoms with Crippen LogP contribution in [0.4, 0.5) is 14.5 Å². The maximum absolute atomic E-state index is 15.7. The number of aromatic nitrogens is 1. The van der Waals surface area contributed by atoms with E-state index < -0.39 is 17.0 Å². The number of fused-ring (bicyclic) bond motifs is 4. The van der Waals surface area contributed by atoms with E-state index in [1.165, 1.54) is 6.20 Å². The topological polar surface area (TPSA) is 82.7 Å². The first-order chi connectivity index (χ1) is 15.4. The first kappa shape index (κ1) is 20.7. The summed E-state index contributed by atoms with van der Waals surface area (Å²) in [4.78, 5) is 14.8.